The van der Waals surface area contributed by atoms with Crippen molar-refractivity contribution in [3.8, 4) is 10.8 Å². The summed E-state index contributed by atoms with van der Waals surface area (Å²) in [6, 6.07) is 7.10. The van der Waals surface area contributed by atoms with Crippen LogP contribution in [0.1, 0.15) is 16.3 Å². The van der Waals surface area contributed by atoms with E-state index < -0.39 is 5.97 Å². The number of hydrogen-bond acceptors (Lipinski definition) is 7. The van der Waals surface area contributed by atoms with Gasteiger partial charge < -0.3 is 9.63 Å². The third-order valence-electron chi connectivity index (χ3n) is 2.52. The van der Waals surface area contributed by atoms with Crippen LogP contribution in [0, 0.1) is 0 Å². The van der Waals surface area contributed by atoms with E-state index >= 15 is 0 Å². The maximum absolute atomic E-state index is 10.9. The van der Waals surface area contributed by atoms with Crippen molar-refractivity contribution in [1.82, 2.24) is 15.1 Å². The molecule has 0 amide bonds. The fraction of sp³-hybridized carbons (Fsp3) is 0.0769. The molecule has 3 rings (SSSR count). The topological polar surface area (TPSA) is 89.1 Å². The Balaban J connectivity index is 1.68. The van der Waals surface area contributed by atoms with Crippen LogP contribution in [0.3, 0.4) is 0 Å². The van der Waals surface area contributed by atoms with Crippen LogP contribution in [-0.2, 0) is 5.75 Å². The summed E-state index contributed by atoms with van der Waals surface area (Å²) < 4.78 is 5.19. The van der Waals surface area contributed by atoms with Crippen LogP contribution < -0.4 is 0 Å². The van der Waals surface area contributed by atoms with Gasteiger partial charge in [0.05, 0.1) is 10.6 Å². The summed E-state index contributed by atoms with van der Waals surface area (Å²) in [4.78, 5) is 20.7. The molecule has 3 heterocycles. The van der Waals surface area contributed by atoms with Crippen LogP contribution >= 0.6 is 23.1 Å². The Hall–Kier alpha value is -2.19. The number of carboxylic acid groups (broad SMARTS) is 1. The minimum Gasteiger partial charge on any atom is -0.477 e. The maximum atomic E-state index is 10.9. The molecule has 0 saturated heterocycles. The number of thiophene rings is 1. The van der Waals surface area contributed by atoms with Gasteiger partial charge in [-0.1, -0.05) is 11.2 Å². The van der Waals surface area contributed by atoms with Gasteiger partial charge in [0, 0.05) is 11.1 Å². The molecule has 0 fully saturated rings. The molecule has 0 bridgehead atoms. The van der Waals surface area contributed by atoms with Crippen LogP contribution in [0.15, 0.2) is 45.3 Å². The van der Waals surface area contributed by atoms with Crippen molar-refractivity contribution < 1.29 is 14.4 Å². The zero-order chi connectivity index (χ0) is 14.7. The van der Waals surface area contributed by atoms with E-state index in [-0.39, 0.29) is 5.69 Å². The zero-order valence-electron chi connectivity index (χ0n) is 10.6. The van der Waals surface area contributed by atoms with Gasteiger partial charge in [0.15, 0.2) is 5.82 Å². The molecule has 0 aromatic carbocycles. The lowest BCUT2D eigenvalue weighted by Crippen LogP contribution is -1.99. The number of thioether (sulfide) groups is 1. The summed E-state index contributed by atoms with van der Waals surface area (Å²) in [5.41, 5.74) is 0.0207. The second-order valence-corrected chi connectivity index (χ2v) is 5.96. The molecule has 1 N–H and O–H groups in total. The van der Waals surface area contributed by atoms with Crippen molar-refractivity contribution in [3.05, 3.63) is 47.4 Å². The largest absolute Gasteiger partial charge is 0.477 e. The predicted octanol–water partition coefficient (Wildman–Crippen LogP) is 3.18. The Morgan fingerprint density at radius 2 is 2.33 bits per heavy atom. The molecule has 0 aliphatic heterocycles. The van der Waals surface area contributed by atoms with E-state index in [9.17, 15) is 4.79 Å². The third kappa shape index (κ3) is 3.29. The van der Waals surface area contributed by atoms with Gasteiger partial charge >= 0.3 is 5.97 Å². The minimum absolute atomic E-state index is 0.0207. The number of rotatable bonds is 5. The summed E-state index contributed by atoms with van der Waals surface area (Å²) in [6.45, 7) is 0. The number of carboxylic acids is 1. The van der Waals surface area contributed by atoms with Gasteiger partial charge in [0.2, 0.25) is 0 Å². The first-order valence-electron chi connectivity index (χ1n) is 5.91. The standard InChI is InChI=1S/C13H9N3O3S2/c17-13(18)9-6-8(3-4-14-9)21-7-11-15-12(19-16-11)10-2-1-5-20-10/h1-6H,7H2,(H,17,18). The fourth-order valence-electron chi connectivity index (χ4n) is 1.58. The molecular weight excluding hydrogens is 310 g/mol. The predicted molar refractivity (Wildman–Crippen MR) is 78.4 cm³/mol. The molecule has 106 valence electrons. The molecule has 0 unspecified atom stereocenters. The van der Waals surface area contributed by atoms with Gasteiger partial charge in [-0.05, 0) is 23.6 Å². The molecule has 6 nitrogen and oxygen atoms in total. The minimum atomic E-state index is -1.04. The Bertz CT molecular complexity index is 756. The van der Waals surface area contributed by atoms with Crippen molar-refractivity contribution in [2.24, 2.45) is 0 Å². The Kier molecular flexibility index (Phi) is 3.98. The molecule has 3 aromatic heterocycles. The summed E-state index contributed by atoms with van der Waals surface area (Å²) in [7, 11) is 0. The summed E-state index contributed by atoms with van der Waals surface area (Å²) in [6.07, 6.45) is 1.47. The lowest BCUT2D eigenvalue weighted by molar-refractivity contribution is 0.0690. The average Bonchev–Trinajstić information content (AvgIpc) is 3.16. The molecule has 0 radical (unpaired) electrons. The van der Waals surface area contributed by atoms with Crippen LogP contribution in [-0.4, -0.2) is 26.2 Å². The first kappa shape index (κ1) is 13.8. The molecule has 0 aliphatic carbocycles. The third-order valence-corrected chi connectivity index (χ3v) is 4.37. The van der Waals surface area contributed by atoms with Gasteiger partial charge in [-0.15, -0.1) is 23.1 Å². The zero-order valence-corrected chi connectivity index (χ0v) is 12.2. The molecule has 0 saturated carbocycles. The summed E-state index contributed by atoms with van der Waals surface area (Å²) in [5, 5.41) is 14.7. The first-order valence-corrected chi connectivity index (χ1v) is 7.77. The second-order valence-electron chi connectivity index (χ2n) is 3.96. The van der Waals surface area contributed by atoms with Crippen molar-refractivity contribution >= 4 is 29.1 Å². The number of carbonyl (C=O) groups is 1. The quantitative estimate of drug-likeness (QED) is 0.722. The van der Waals surface area contributed by atoms with Crippen LogP contribution in [0.2, 0.25) is 0 Å². The van der Waals surface area contributed by atoms with Gasteiger partial charge in [-0.25, -0.2) is 9.78 Å². The molecule has 0 aliphatic rings. The molecule has 8 heteroatoms. The summed E-state index contributed by atoms with van der Waals surface area (Å²) >= 11 is 2.96. The smallest absolute Gasteiger partial charge is 0.354 e. The highest BCUT2D eigenvalue weighted by Crippen LogP contribution is 2.25. The SMILES string of the molecule is O=C(O)c1cc(SCc2noc(-c3cccs3)n2)ccn1. The highest BCUT2D eigenvalue weighted by Gasteiger charge is 2.11. The normalized spacial score (nSPS) is 10.7. The van der Waals surface area contributed by atoms with Crippen LogP contribution in [0.4, 0.5) is 0 Å². The summed E-state index contributed by atoms with van der Waals surface area (Å²) in [5.74, 6) is 0.522. The highest BCUT2D eigenvalue weighted by molar-refractivity contribution is 7.98. The molecular formula is C13H9N3O3S2. The van der Waals surface area contributed by atoms with Crippen molar-refractivity contribution in [3.63, 3.8) is 0 Å². The van der Waals surface area contributed by atoms with E-state index in [1.54, 1.807) is 6.07 Å². The highest BCUT2D eigenvalue weighted by atomic mass is 32.2. The van der Waals surface area contributed by atoms with Gasteiger partial charge in [0.1, 0.15) is 5.69 Å². The van der Waals surface area contributed by atoms with Crippen molar-refractivity contribution in [2.75, 3.05) is 0 Å². The Morgan fingerprint density at radius 3 is 3.10 bits per heavy atom. The van der Waals surface area contributed by atoms with Crippen molar-refractivity contribution in [2.45, 2.75) is 10.6 Å². The number of aromatic nitrogens is 3. The molecule has 0 spiro atoms. The van der Waals surface area contributed by atoms with Crippen LogP contribution in [0.25, 0.3) is 10.8 Å². The van der Waals surface area contributed by atoms with E-state index in [0.717, 1.165) is 9.77 Å². The van der Waals surface area contributed by atoms with E-state index in [1.165, 1.54) is 35.4 Å². The number of aromatic carboxylic acids is 1. The second kappa shape index (κ2) is 6.06. The average molecular weight is 319 g/mol. The first-order chi connectivity index (χ1) is 10.2. The van der Waals surface area contributed by atoms with E-state index in [1.807, 2.05) is 17.5 Å². The lowest BCUT2D eigenvalue weighted by atomic mass is 10.3. The number of nitrogens with zero attached hydrogens (tertiary/aromatic N) is 3. The van der Waals surface area contributed by atoms with Crippen LogP contribution in [0.5, 0.6) is 0 Å². The Morgan fingerprint density at radius 1 is 1.43 bits per heavy atom. The van der Waals surface area contributed by atoms with Crippen molar-refractivity contribution in [1.29, 1.82) is 0 Å². The lowest BCUT2D eigenvalue weighted by Gasteiger charge is -1.99. The van der Waals surface area contributed by atoms with E-state index in [0.29, 0.717) is 17.5 Å². The van der Waals surface area contributed by atoms with Gasteiger partial charge in [0.25, 0.3) is 5.89 Å². The molecule has 3 aromatic rings. The molecule has 0 atom stereocenters. The number of hydrogen-bond donors (Lipinski definition) is 1. The fourth-order valence-corrected chi connectivity index (χ4v) is 2.99. The van der Waals surface area contributed by atoms with Gasteiger partial charge in [-0.3, -0.25) is 0 Å². The Labute approximate surface area is 127 Å². The van der Waals surface area contributed by atoms with Gasteiger partial charge in [-0.2, -0.15) is 4.98 Å². The molecule has 21 heavy (non-hydrogen) atoms. The maximum Gasteiger partial charge on any atom is 0.354 e. The van der Waals surface area contributed by atoms with E-state index in [4.69, 9.17) is 9.63 Å². The van der Waals surface area contributed by atoms with E-state index in [2.05, 4.69) is 15.1 Å². The number of pyridine rings is 1. The monoisotopic (exact) mass is 319 g/mol.